The van der Waals surface area contributed by atoms with Gasteiger partial charge in [0.1, 0.15) is 5.82 Å². The number of β-amino-alcohol motifs (C(OH)–C–C–N with tert-alkyl or cyclic N) is 1. The van der Waals surface area contributed by atoms with Crippen molar-refractivity contribution in [2.24, 2.45) is 0 Å². The van der Waals surface area contributed by atoms with Gasteiger partial charge in [0, 0.05) is 80.2 Å². The third kappa shape index (κ3) is 7.62. The first-order valence-corrected chi connectivity index (χ1v) is 16.5. The SMILES string of the molecule is COC1CCN(CC(O)Cn2nc(-c3ccc(Cl)c(CNC(=O)c4ccc(F)cc4)c3)c3c2CCN(S(C)(=O)=O)C3)CC1. The number of carbonyl (C=O) groups is 1. The topological polar surface area (TPSA) is 117 Å². The molecule has 2 aromatic carbocycles. The van der Waals surface area contributed by atoms with Crippen LogP contribution in [0, 0.1) is 5.82 Å². The quantitative estimate of drug-likeness (QED) is 0.353. The second-order valence-corrected chi connectivity index (χ2v) is 13.6. The number of piperidine rings is 1. The molecule has 232 valence electrons. The second-order valence-electron chi connectivity index (χ2n) is 11.2. The largest absolute Gasteiger partial charge is 0.390 e. The number of aromatic nitrogens is 2. The van der Waals surface area contributed by atoms with Gasteiger partial charge in [-0.25, -0.2) is 12.8 Å². The standard InChI is InChI=1S/C30H37ClFN5O5S/c1-42-25-9-12-35(13-10-25)17-24(38)18-37-28-11-14-36(43(2,40)41)19-26(28)29(34-37)21-5-8-27(31)22(15-21)16-33-30(39)20-3-6-23(32)7-4-20/h3-8,15,24-25,38H,9-14,16-19H2,1-2H3,(H,33,39). The molecular formula is C30H37ClFN5O5S. The number of halogens is 2. The van der Waals surface area contributed by atoms with E-state index in [9.17, 15) is 22.7 Å². The molecule has 0 spiro atoms. The molecule has 1 atom stereocenters. The number of aliphatic hydroxyl groups is 1. The minimum atomic E-state index is -3.43. The van der Waals surface area contributed by atoms with E-state index in [1.165, 1.54) is 34.8 Å². The van der Waals surface area contributed by atoms with Gasteiger partial charge in [-0.05, 0) is 54.8 Å². The monoisotopic (exact) mass is 633 g/mol. The van der Waals surface area contributed by atoms with Gasteiger partial charge in [-0.1, -0.05) is 17.7 Å². The first kappa shape index (κ1) is 31.6. The van der Waals surface area contributed by atoms with E-state index in [4.69, 9.17) is 21.4 Å². The van der Waals surface area contributed by atoms with Crippen LogP contribution in [0.1, 0.15) is 40.0 Å². The van der Waals surface area contributed by atoms with Gasteiger partial charge >= 0.3 is 0 Å². The van der Waals surface area contributed by atoms with Crippen LogP contribution in [0.2, 0.25) is 5.02 Å². The highest BCUT2D eigenvalue weighted by Gasteiger charge is 2.31. The number of sulfonamides is 1. The highest BCUT2D eigenvalue weighted by molar-refractivity contribution is 7.88. The van der Waals surface area contributed by atoms with Crippen molar-refractivity contribution in [1.29, 1.82) is 0 Å². The van der Waals surface area contributed by atoms with Gasteiger partial charge in [0.05, 0.1) is 30.7 Å². The third-order valence-electron chi connectivity index (χ3n) is 8.15. The van der Waals surface area contributed by atoms with Gasteiger partial charge in [0.15, 0.2) is 0 Å². The molecule has 1 aromatic heterocycles. The minimum Gasteiger partial charge on any atom is -0.390 e. The summed E-state index contributed by atoms with van der Waals surface area (Å²) in [5, 5.41) is 19.2. The number of nitrogens with zero attached hydrogens (tertiary/aromatic N) is 4. The van der Waals surface area contributed by atoms with Crippen LogP contribution in [0.3, 0.4) is 0 Å². The highest BCUT2D eigenvalue weighted by atomic mass is 35.5. The summed E-state index contributed by atoms with van der Waals surface area (Å²) in [4.78, 5) is 14.8. The molecule has 2 aliphatic heterocycles. The Balaban J connectivity index is 1.38. The predicted octanol–water partition coefficient (Wildman–Crippen LogP) is 3.06. The maximum Gasteiger partial charge on any atom is 0.251 e. The molecule has 3 heterocycles. The van der Waals surface area contributed by atoms with Crippen molar-refractivity contribution < 1.29 is 27.4 Å². The molecule has 3 aromatic rings. The van der Waals surface area contributed by atoms with Crippen LogP contribution in [0.4, 0.5) is 4.39 Å². The van der Waals surface area contributed by atoms with Gasteiger partial charge in [-0.3, -0.25) is 9.48 Å². The fraction of sp³-hybridized carbons (Fsp3) is 0.467. The van der Waals surface area contributed by atoms with Crippen molar-refractivity contribution in [3.8, 4) is 11.3 Å². The highest BCUT2D eigenvalue weighted by Crippen LogP contribution is 2.33. The number of hydrogen-bond donors (Lipinski definition) is 2. The molecule has 10 nitrogen and oxygen atoms in total. The summed E-state index contributed by atoms with van der Waals surface area (Å²) in [6.07, 6.45) is 3.11. The molecule has 13 heteroatoms. The summed E-state index contributed by atoms with van der Waals surface area (Å²) >= 11 is 6.49. The van der Waals surface area contributed by atoms with E-state index >= 15 is 0 Å². The van der Waals surface area contributed by atoms with Gasteiger partial charge in [0.2, 0.25) is 10.0 Å². The molecule has 5 rings (SSSR count). The molecule has 2 N–H and O–H groups in total. The molecule has 1 saturated heterocycles. The summed E-state index contributed by atoms with van der Waals surface area (Å²) in [6, 6.07) is 10.6. The van der Waals surface area contributed by atoms with E-state index < -0.39 is 21.9 Å². The minimum absolute atomic E-state index is 0.125. The molecule has 2 aliphatic rings. The number of hydrogen-bond acceptors (Lipinski definition) is 7. The van der Waals surface area contributed by atoms with Gasteiger partial charge < -0.3 is 20.1 Å². The van der Waals surface area contributed by atoms with Crippen molar-refractivity contribution in [2.45, 2.75) is 51.1 Å². The predicted molar refractivity (Wildman–Crippen MR) is 162 cm³/mol. The first-order valence-electron chi connectivity index (χ1n) is 14.3. The molecular weight excluding hydrogens is 597 g/mol. The second kappa shape index (κ2) is 13.4. The lowest BCUT2D eigenvalue weighted by molar-refractivity contribution is 0.0209. The number of aliphatic hydroxyl groups excluding tert-OH is 1. The molecule has 0 bridgehead atoms. The number of carbonyl (C=O) groups excluding carboxylic acids is 1. The molecule has 1 amide bonds. The lowest BCUT2D eigenvalue weighted by Crippen LogP contribution is -2.42. The summed E-state index contributed by atoms with van der Waals surface area (Å²) in [7, 11) is -1.70. The van der Waals surface area contributed by atoms with Gasteiger partial charge in [-0.2, -0.15) is 9.40 Å². The smallest absolute Gasteiger partial charge is 0.251 e. The average Bonchev–Trinajstić information content (AvgIpc) is 3.34. The lowest BCUT2D eigenvalue weighted by Gasteiger charge is -2.32. The summed E-state index contributed by atoms with van der Waals surface area (Å²) in [5.41, 5.74) is 3.98. The molecule has 1 unspecified atom stereocenters. The number of nitrogens with one attached hydrogen (secondary N) is 1. The molecule has 1 fully saturated rings. The Hall–Kier alpha value is -2.87. The Morgan fingerprint density at radius 2 is 1.88 bits per heavy atom. The molecule has 0 aliphatic carbocycles. The Morgan fingerprint density at radius 1 is 1.16 bits per heavy atom. The van der Waals surface area contributed by atoms with Crippen LogP contribution < -0.4 is 5.32 Å². The lowest BCUT2D eigenvalue weighted by atomic mass is 10.0. The van der Waals surface area contributed by atoms with Crippen LogP contribution in [-0.2, 0) is 40.8 Å². The van der Waals surface area contributed by atoms with Crippen LogP contribution in [0.15, 0.2) is 42.5 Å². The van der Waals surface area contributed by atoms with Crippen LogP contribution in [-0.4, -0.2) is 90.2 Å². The number of amides is 1. The van der Waals surface area contributed by atoms with Crippen molar-refractivity contribution >= 4 is 27.5 Å². The Morgan fingerprint density at radius 3 is 2.56 bits per heavy atom. The van der Waals surface area contributed by atoms with Gasteiger partial charge in [-0.15, -0.1) is 0 Å². The number of fused-ring (bicyclic) bond motifs is 1. The van der Waals surface area contributed by atoms with E-state index in [-0.39, 0.29) is 31.6 Å². The van der Waals surface area contributed by atoms with Crippen molar-refractivity contribution in [1.82, 2.24) is 24.3 Å². The molecule has 0 saturated carbocycles. The third-order valence-corrected chi connectivity index (χ3v) is 9.77. The van der Waals surface area contributed by atoms with Crippen molar-refractivity contribution in [3.05, 3.63) is 75.7 Å². The van der Waals surface area contributed by atoms with E-state index in [1.54, 1.807) is 17.9 Å². The van der Waals surface area contributed by atoms with Crippen LogP contribution >= 0.6 is 11.6 Å². The van der Waals surface area contributed by atoms with Crippen LogP contribution in [0.5, 0.6) is 0 Å². The zero-order valence-corrected chi connectivity index (χ0v) is 25.9. The number of benzene rings is 2. The number of methoxy groups -OCH3 is 1. The van der Waals surface area contributed by atoms with E-state index in [0.29, 0.717) is 41.4 Å². The maximum atomic E-state index is 13.3. The fourth-order valence-electron chi connectivity index (χ4n) is 5.75. The average molecular weight is 634 g/mol. The normalized spacial score (nSPS) is 17.5. The Kier molecular flexibility index (Phi) is 9.84. The van der Waals surface area contributed by atoms with Gasteiger partial charge in [0.25, 0.3) is 5.91 Å². The van der Waals surface area contributed by atoms with E-state index in [1.807, 2.05) is 12.1 Å². The van der Waals surface area contributed by atoms with Crippen molar-refractivity contribution in [2.75, 3.05) is 39.5 Å². The summed E-state index contributed by atoms with van der Waals surface area (Å²) in [6.45, 7) is 3.12. The Bertz CT molecular complexity index is 1560. The summed E-state index contributed by atoms with van der Waals surface area (Å²) in [5.74, 6) is -0.795. The fourth-order valence-corrected chi connectivity index (χ4v) is 6.72. The number of rotatable bonds is 10. The van der Waals surface area contributed by atoms with E-state index in [2.05, 4.69) is 10.2 Å². The molecule has 0 radical (unpaired) electrons. The van der Waals surface area contributed by atoms with E-state index in [0.717, 1.165) is 42.8 Å². The maximum absolute atomic E-state index is 13.3. The Labute approximate surface area is 256 Å². The van der Waals surface area contributed by atoms with Crippen molar-refractivity contribution in [3.63, 3.8) is 0 Å². The van der Waals surface area contributed by atoms with Crippen LogP contribution in [0.25, 0.3) is 11.3 Å². The summed E-state index contributed by atoms with van der Waals surface area (Å²) < 4.78 is 46.8. The molecule has 43 heavy (non-hydrogen) atoms. The zero-order valence-electron chi connectivity index (χ0n) is 24.3. The number of ether oxygens (including phenoxy) is 1. The number of likely N-dealkylation sites (tertiary alicyclic amines) is 1. The first-order chi connectivity index (χ1) is 20.5. The zero-order chi connectivity index (χ0) is 30.7.